The van der Waals surface area contributed by atoms with Crippen molar-refractivity contribution in [2.75, 3.05) is 18.2 Å². The normalized spacial score (nSPS) is 16.4. The Hall–Kier alpha value is -1.47. The number of nitrogens with zero attached hydrogens (tertiary/aromatic N) is 3. The lowest BCUT2D eigenvalue weighted by atomic mass is 10.0. The molecule has 22 heavy (non-hydrogen) atoms. The summed E-state index contributed by atoms with van der Waals surface area (Å²) in [7, 11) is -1.18. The Morgan fingerprint density at radius 3 is 2.68 bits per heavy atom. The minimum absolute atomic E-state index is 0.0235. The zero-order valence-corrected chi connectivity index (χ0v) is 14.8. The van der Waals surface area contributed by atoms with E-state index in [9.17, 15) is 9.90 Å². The maximum atomic E-state index is 11.6. The lowest BCUT2D eigenvalue weighted by Gasteiger charge is -2.24. The highest BCUT2D eigenvalue weighted by molar-refractivity contribution is 6.76. The molecule has 2 rings (SSSR count). The Bertz CT molecular complexity index is 541. The summed E-state index contributed by atoms with van der Waals surface area (Å²) in [6, 6.07) is 1.01. The minimum Gasteiger partial charge on any atom is -0.465 e. The fourth-order valence-electron chi connectivity index (χ4n) is 2.17. The summed E-state index contributed by atoms with van der Waals surface area (Å²) in [4.78, 5) is 21.1. The molecule has 1 N–H and O–H groups in total. The van der Waals surface area contributed by atoms with E-state index >= 15 is 0 Å². The average molecular weight is 323 g/mol. The quantitative estimate of drug-likeness (QED) is 0.473. The van der Waals surface area contributed by atoms with Crippen molar-refractivity contribution in [3.05, 3.63) is 18.2 Å². The van der Waals surface area contributed by atoms with Gasteiger partial charge < -0.3 is 9.84 Å². The predicted molar refractivity (Wildman–Crippen MR) is 88.1 cm³/mol. The number of hydrogen-bond donors (Lipinski definition) is 1. The fourth-order valence-corrected chi connectivity index (χ4v) is 2.93. The number of carbonyl (C=O) groups is 1. The second kappa shape index (κ2) is 6.34. The number of amides is 1. The highest BCUT2D eigenvalue weighted by Gasteiger charge is 2.43. The molecule has 0 aliphatic heterocycles. The van der Waals surface area contributed by atoms with Gasteiger partial charge >= 0.3 is 6.09 Å². The summed E-state index contributed by atoms with van der Waals surface area (Å²) < 4.78 is 5.60. The van der Waals surface area contributed by atoms with E-state index in [0.717, 1.165) is 24.6 Å². The van der Waals surface area contributed by atoms with Crippen molar-refractivity contribution < 1.29 is 14.6 Å². The zero-order chi connectivity index (χ0) is 16.4. The van der Waals surface area contributed by atoms with Gasteiger partial charge in [-0.15, -0.1) is 0 Å². The van der Waals surface area contributed by atoms with Crippen LogP contribution in [-0.4, -0.2) is 42.6 Å². The van der Waals surface area contributed by atoms with Gasteiger partial charge in [0.25, 0.3) is 0 Å². The molecule has 1 aliphatic rings. The summed E-state index contributed by atoms with van der Waals surface area (Å²) in [5.74, 6) is 0. The van der Waals surface area contributed by atoms with Crippen LogP contribution in [0.4, 0.5) is 10.5 Å². The molecule has 6 nitrogen and oxygen atoms in total. The van der Waals surface area contributed by atoms with Gasteiger partial charge in [-0.1, -0.05) is 26.6 Å². The highest BCUT2D eigenvalue weighted by atomic mass is 28.3. The van der Waals surface area contributed by atoms with E-state index < -0.39 is 14.2 Å². The third kappa shape index (κ3) is 4.27. The second-order valence-corrected chi connectivity index (χ2v) is 13.0. The Balaban J connectivity index is 2.07. The Labute approximate surface area is 132 Å². The van der Waals surface area contributed by atoms with Crippen molar-refractivity contribution in [3.63, 3.8) is 0 Å². The summed E-state index contributed by atoms with van der Waals surface area (Å²) in [6.45, 7) is 9.51. The van der Waals surface area contributed by atoms with E-state index in [1.165, 1.54) is 11.2 Å². The molecule has 0 atom stereocenters. The van der Waals surface area contributed by atoms with Gasteiger partial charge in [0.1, 0.15) is 13.1 Å². The van der Waals surface area contributed by atoms with E-state index in [2.05, 4.69) is 36.5 Å². The first-order valence-electron chi connectivity index (χ1n) is 7.62. The van der Waals surface area contributed by atoms with Crippen molar-refractivity contribution in [2.45, 2.75) is 50.9 Å². The van der Waals surface area contributed by atoms with E-state index in [1.807, 2.05) is 0 Å². The molecular weight excluding hydrogens is 298 g/mol. The van der Waals surface area contributed by atoms with Crippen LogP contribution in [0, 0.1) is 0 Å². The molecular formula is C15H25N3O3Si. The number of ether oxygens (including phenoxy) is 1. The zero-order valence-electron chi connectivity index (χ0n) is 13.8. The molecule has 1 aliphatic carbocycles. The molecule has 7 heteroatoms. The molecule has 0 radical (unpaired) electrons. The van der Waals surface area contributed by atoms with Gasteiger partial charge in [-0.3, -0.25) is 4.90 Å². The lowest BCUT2D eigenvalue weighted by Crippen LogP contribution is -2.34. The first-order valence-corrected chi connectivity index (χ1v) is 11.3. The van der Waals surface area contributed by atoms with Crippen molar-refractivity contribution in [1.82, 2.24) is 9.97 Å². The van der Waals surface area contributed by atoms with Crippen LogP contribution in [0.3, 0.4) is 0 Å². The van der Waals surface area contributed by atoms with Crippen molar-refractivity contribution in [3.8, 4) is 0 Å². The number of anilines is 1. The number of hydrogen-bond acceptors (Lipinski definition) is 4. The molecule has 1 aromatic heterocycles. The monoisotopic (exact) mass is 323 g/mol. The fraction of sp³-hybridized carbons (Fsp3) is 0.667. The Morgan fingerprint density at radius 1 is 1.45 bits per heavy atom. The second-order valence-electron chi connectivity index (χ2n) is 7.38. The van der Waals surface area contributed by atoms with E-state index in [4.69, 9.17) is 4.74 Å². The average Bonchev–Trinajstić information content (AvgIpc) is 3.16. The Kier molecular flexibility index (Phi) is 4.86. The topological polar surface area (TPSA) is 75.5 Å². The molecule has 0 bridgehead atoms. The summed E-state index contributed by atoms with van der Waals surface area (Å²) in [6.07, 6.45) is 4.08. The molecule has 1 amide bonds. The molecule has 1 fully saturated rings. The van der Waals surface area contributed by atoms with E-state index in [1.54, 1.807) is 6.20 Å². The molecule has 0 unspecified atom stereocenters. The van der Waals surface area contributed by atoms with Gasteiger partial charge in [-0.05, 0) is 18.9 Å². The van der Waals surface area contributed by atoms with Crippen LogP contribution in [0.15, 0.2) is 12.5 Å². The van der Waals surface area contributed by atoms with Gasteiger partial charge in [0, 0.05) is 20.1 Å². The van der Waals surface area contributed by atoms with E-state index in [0.29, 0.717) is 12.3 Å². The van der Waals surface area contributed by atoms with Crippen LogP contribution in [0.1, 0.15) is 25.5 Å². The first-order chi connectivity index (χ1) is 10.2. The van der Waals surface area contributed by atoms with Gasteiger partial charge in [0.05, 0.1) is 17.6 Å². The molecule has 1 aromatic rings. The maximum absolute atomic E-state index is 11.6. The van der Waals surface area contributed by atoms with Gasteiger partial charge in [0.15, 0.2) is 0 Å². The predicted octanol–water partition coefficient (Wildman–Crippen LogP) is 3.32. The lowest BCUT2D eigenvalue weighted by molar-refractivity contribution is 0.136. The van der Waals surface area contributed by atoms with Gasteiger partial charge in [-0.25, -0.2) is 14.8 Å². The van der Waals surface area contributed by atoms with Crippen molar-refractivity contribution in [2.24, 2.45) is 0 Å². The first kappa shape index (κ1) is 16.9. The maximum Gasteiger partial charge on any atom is 0.413 e. The van der Waals surface area contributed by atoms with Gasteiger partial charge in [-0.2, -0.15) is 0 Å². The number of carboxylic acid groups (broad SMARTS) is 1. The Morgan fingerprint density at radius 2 is 2.14 bits per heavy atom. The molecule has 122 valence electrons. The smallest absolute Gasteiger partial charge is 0.413 e. The number of aromatic nitrogens is 2. The van der Waals surface area contributed by atoms with Crippen LogP contribution >= 0.6 is 0 Å². The summed E-state index contributed by atoms with van der Waals surface area (Å²) >= 11 is 0. The molecule has 0 aromatic carbocycles. The van der Waals surface area contributed by atoms with Gasteiger partial charge in [0.2, 0.25) is 0 Å². The van der Waals surface area contributed by atoms with Crippen LogP contribution in [0.5, 0.6) is 0 Å². The van der Waals surface area contributed by atoms with Crippen molar-refractivity contribution >= 4 is 19.9 Å². The SMILES string of the molecule is CC1(c2ncncc2N(COCC[Si](C)(C)C)C(=O)O)CC1. The highest BCUT2D eigenvalue weighted by Crippen LogP contribution is 2.49. The number of rotatable bonds is 7. The third-order valence-corrected chi connectivity index (χ3v) is 5.71. The molecule has 0 saturated heterocycles. The van der Waals surface area contributed by atoms with Crippen LogP contribution in [0.25, 0.3) is 0 Å². The summed E-state index contributed by atoms with van der Waals surface area (Å²) in [5.41, 5.74) is 1.33. The van der Waals surface area contributed by atoms with Crippen LogP contribution < -0.4 is 4.90 Å². The largest absolute Gasteiger partial charge is 0.465 e. The molecule has 1 heterocycles. The van der Waals surface area contributed by atoms with Crippen molar-refractivity contribution in [1.29, 1.82) is 0 Å². The summed E-state index contributed by atoms with van der Waals surface area (Å²) in [5, 5.41) is 9.50. The van der Waals surface area contributed by atoms with Crippen LogP contribution in [-0.2, 0) is 10.2 Å². The standard InChI is InChI=1S/C15H25N3O3Si/c1-15(5-6-15)13-12(9-16-10-17-13)18(14(19)20)11-21-7-8-22(2,3)4/h9-10H,5-8,11H2,1-4H3,(H,19,20). The van der Waals surface area contributed by atoms with E-state index in [-0.39, 0.29) is 12.1 Å². The molecule has 0 spiro atoms. The minimum atomic E-state index is -1.18. The third-order valence-electron chi connectivity index (χ3n) is 4.00. The molecule has 1 saturated carbocycles. The van der Waals surface area contributed by atoms with Crippen LogP contribution in [0.2, 0.25) is 25.7 Å².